The van der Waals surface area contributed by atoms with Gasteiger partial charge in [0.2, 0.25) is 0 Å². The van der Waals surface area contributed by atoms with Crippen LogP contribution in [-0.4, -0.2) is 53.3 Å². The lowest BCUT2D eigenvalue weighted by molar-refractivity contribution is -0.140. The van der Waals surface area contributed by atoms with Crippen molar-refractivity contribution in [2.45, 2.75) is 37.6 Å². The highest BCUT2D eigenvalue weighted by molar-refractivity contribution is 5.69. The third kappa shape index (κ3) is 9.43. The lowest BCUT2D eigenvalue weighted by Crippen LogP contribution is -2.23. The number of aliphatic hydroxyl groups excluding tert-OH is 3. The van der Waals surface area contributed by atoms with Crippen molar-refractivity contribution in [3.05, 3.63) is 77.6 Å². The van der Waals surface area contributed by atoms with Gasteiger partial charge < -0.3 is 24.8 Å². The average molecular weight is 444 g/mol. The van der Waals surface area contributed by atoms with Gasteiger partial charge in [-0.05, 0) is 54.3 Å². The second kappa shape index (κ2) is 13.4. The number of aliphatic hydroxyl groups is 3. The van der Waals surface area contributed by atoms with Gasteiger partial charge in [0.05, 0.1) is 19.3 Å². The van der Waals surface area contributed by atoms with E-state index < -0.39 is 18.3 Å². The van der Waals surface area contributed by atoms with Crippen molar-refractivity contribution in [3.8, 4) is 5.75 Å². The quantitative estimate of drug-likeness (QED) is 0.435. The Balaban J connectivity index is 1.83. The molecule has 0 radical (unpaired) electrons. The number of carbonyl (C=O) groups is 1. The Morgan fingerprint density at radius 1 is 1.03 bits per heavy atom. The SMILES string of the molecule is COC(=O)CCC[C@H](O)[C@H](O)/C=C/c1cccc(/C=C/[C@H](O)COc2ccc(F)cc2)c1. The van der Waals surface area contributed by atoms with Crippen LogP contribution < -0.4 is 4.74 Å². The Hall–Kier alpha value is -3.00. The van der Waals surface area contributed by atoms with E-state index in [9.17, 15) is 24.5 Å². The second-order valence-electron chi connectivity index (χ2n) is 7.25. The molecule has 172 valence electrons. The molecule has 0 aromatic heterocycles. The molecule has 0 amide bonds. The molecule has 3 N–H and O–H groups in total. The van der Waals surface area contributed by atoms with Crippen LogP contribution in [0.4, 0.5) is 4.39 Å². The Labute approximate surface area is 187 Å². The number of benzene rings is 2. The van der Waals surface area contributed by atoms with E-state index in [2.05, 4.69) is 4.74 Å². The normalized spacial score (nSPS) is 14.4. The highest BCUT2D eigenvalue weighted by atomic mass is 19.1. The van der Waals surface area contributed by atoms with Crippen LogP contribution in [0.1, 0.15) is 30.4 Å². The van der Waals surface area contributed by atoms with Gasteiger partial charge in [-0.1, -0.05) is 42.5 Å². The third-order valence-electron chi connectivity index (χ3n) is 4.64. The first-order chi connectivity index (χ1) is 15.4. The lowest BCUT2D eigenvalue weighted by atomic mass is 10.0. The summed E-state index contributed by atoms with van der Waals surface area (Å²) < 4.78 is 22.8. The van der Waals surface area contributed by atoms with Gasteiger partial charge in [0.25, 0.3) is 0 Å². The minimum Gasteiger partial charge on any atom is -0.491 e. The van der Waals surface area contributed by atoms with Crippen molar-refractivity contribution < 1.29 is 34.0 Å². The molecule has 0 unspecified atom stereocenters. The molecule has 7 heteroatoms. The molecule has 0 saturated heterocycles. The number of ether oxygens (including phenoxy) is 2. The number of esters is 1. The molecule has 0 aliphatic rings. The first-order valence-corrected chi connectivity index (χ1v) is 10.3. The van der Waals surface area contributed by atoms with Crippen LogP contribution in [0, 0.1) is 5.82 Å². The summed E-state index contributed by atoms with van der Waals surface area (Å²) in [6.07, 6.45) is 4.54. The molecule has 3 atom stereocenters. The largest absolute Gasteiger partial charge is 0.491 e. The first-order valence-electron chi connectivity index (χ1n) is 10.3. The molecule has 2 aromatic rings. The summed E-state index contributed by atoms with van der Waals surface area (Å²) in [5.74, 6) is -0.233. The topological polar surface area (TPSA) is 96.2 Å². The van der Waals surface area contributed by atoms with Crippen molar-refractivity contribution in [1.29, 1.82) is 0 Å². The second-order valence-corrected chi connectivity index (χ2v) is 7.25. The van der Waals surface area contributed by atoms with Crippen molar-refractivity contribution in [2.24, 2.45) is 0 Å². The average Bonchev–Trinajstić information content (AvgIpc) is 2.80. The molecule has 32 heavy (non-hydrogen) atoms. The molecule has 0 aliphatic heterocycles. The summed E-state index contributed by atoms with van der Waals surface area (Å²) in [7, 11) is 1.31. The number of hydrogen-bond donors (Lipinski definition) is 3. The van der Waals surface area contributed by atoms with Gasteiger partial charge in [-0.15, -0.1) is 0 Å². The monoisotopic (exact) mass is 444 g/mol. The van der Waals surface area contributed by atoms with E-state index in [4.69, 9.17) is 4.74 Å². The fraction of sp³-hybridized carbons (Fsp3) is 0.320. The van der Waals surface area contributed by atoms with Gasteiger partial charge in [0.1, 0.15) is 24.3 Å². The lowest BCUT2D eigenvalue weighted by Gasteiger charge is -2.14. The van der Waals surface area contributed by atoms with E-state index in [0.717, 1.165) is 11.1 Å². The maximum absolute atomic E-state index is 12.9. The number of hydrogen-bond acceptors (Lipinski definition) is 6. The van der Waals surface area contributed by atoms with Gasteiger partial charge in [0, 0.05) is 6.42 Å². The van der Waals surface area contributed by atoms with Crippen LogP contribution in [0.2, 0.25) is 0 Å². The van der Waals surface area contributed by atoms with Crippen molar-refractivity contribution in [2.75, 3.05) is 13.7 Å². The van der Waals surface area contributed by atoms with Crippen molar-refractivity contribution in [1.82, 2.24) is 0 Å². The maximum atomic E-state index is 12.9. The van der Waals surface area contributed by atoms with Gasteiger partial charge in [-0.25, -0.2) is 4.39 Å². The van der Waals surface area contributed by atoms with Crippen LogP contribution in [-0.2, 0) is 9.53 Å². The Kier molecular flexibility index (Phi) is 10.6. The predicted octanol–water partition coefficient (Wildman–Crippen LogP) is 3.36. The standard InChI is InChI=1S/C25H29FO6/c1-31-25(30)7-3-6-23(28)24(29)15-9-19-5-2-4-18(16-19)8-12-21(27)17-32-22-13-10-20(26)11-14-22/h2,4-5,8-16,21,23-24,27-29H,3,6-7,17H2,1H3/b12-8+,15-9+/t21-,23-,24+/m0/s1. The number of methoxy groups -OCH3 is 1. The summed E-state index contributed by atoms with van der Waals surface area (Å²) in [4.78, 5) is 11.1. The van der Waals surface area contributed by atoms with Crippen LogP contribution in [0.3, 0.4) is 0 Å². The molecule has 6 nitrogen and oxygen atoms in total. The molecular formula is C25H29FO6. The molecule has 0 saturated carbocycles. The first kappa shape index (κ1) is 25.3. The van der Waals surface area contributed by atoms with Gasteiger partial charge in [-0.3, -0.25) is 4.79 Å². The highest BCUT2D eigenvalue weighted by Gasteiger charge is 2.13. The molecule has 0 bridgehead atoms. The smallest absolute Gasteiger partial charge is 0.305 e. The fourth-order valence-corrected chi connectivity index (χ4v) is 2.82. The molecule has 0 spiro atoms. The minimum atomic E-state index is -1.06. The molecule has 0 aliphatic carbocycles. The minimum absolute atomic E-state index is 0.0295. The molecule has 0 fully saturated rings. The third-order valence-corrected chi connectivity index (χ3v) is 4.64. The van der Waals surface area contributed by atoms with E-state index >= 15 is 0 Å². The fourth-order valence-electron chi connectivity index (χ4n) is 2.82. The Morgan fingerprint density at radius 2 is 1.69 bits per heavy atom. The number of halogens is 1. The van der Waals surface area contributed by atoms with E-state index in [1.165, 1.54) is 37.5 Å². The van der Waals surface area contributed by atoms with Gasteiger partial charge in [-0.2, -0.15) is 0 Å². The van der Waals surface area contributed by atoms with Gasteiger partial charge in [0.15, 0.2) is 0 Å². The Morgan fingerprint density at radius 3 is 2.34 bits per heavy atom. The van der Waals surface area contributed by atoms with Crippen molar-refractivity contribution in [3.63, 3.8) is 0 Å². The summed E-state index contributed by atoms with van der Waals surface area (Å²) in [5, 5.41) is 30.1. The van der Waals surface area contributed by atoms with E-state index in [0.29, 0.717) is 12.2 Å². The van der Waals surface area contributed by atoms with E-state index in [1.807, 2.05) is 24.3 Å². The zero-order valence-electron chi connectivity index (χ0n) is 17.9. The number of carbonyl (C=O) groups excluding carboxylic acids is 1. The van der Waals surface area contributed by atoms with Crippen LogP contribution in [0.5, 0.6) is 5.75 Å². The van der Waals surface area contributed by atoms with E-state index in [-0.39, 0.29) is 31.2 Å². The zero-order valence-corrected chi connectivity index (χ0v) is 17.9. The van der Waals surface area contributed by atoms with E-state index in [1.54, 1.807) is 18.2 Å². The van der Waals surface area contributed by atoms with Crippen LogP contribution >= 0.6 is 0 Å². The highest BCUT2D eigenvalue weighted by Crippen LogP contribution is 2.14. The van der Waals surface area contributed by atoms with Crippen LogP contribution in [0.25, 0.3) is 12.2 Å². The molecule has 2 rings (SSSR count). The molecular weight excluding hydrogens is 415 g/mol. The predicted molar refractivity (Wildman–Crippen MR) is 120 cm³/mol. The summed E-state index contributed by atoms with van der Waals surface area (Å²) in [6, 6.07) is 13.0. The maximum Gasteiger partial charge on any atom is 0.305 e. The van der Waals surface area contributed by atoms with Crippen molar-refractivity contribution >= 4 is 18.1 Å². The Bertz CT molecular complexity index is 894. The molecule has 2 aromatic carbocycles. The molecule has 0 heterocycles. The number of rotatable bonds is 12. The summed E-state index contributed by atoms with van der Waals surface area (Å²) >= 11 is 0. The summed E-state index contributed by atoms with van der Waals surface area (Å²) in [6.45, 7) is 0.0295. The van der Waals surface area contributed by atoms with Gasteiger partial charge >= 0.3 is 5.97 Å². The summed E-state index contributed by atoms with van der Waals surface area (Å²) in [5.41, 5.74) is 1.64. The van der Waals surface area contributed by atoms with Crippen LogP contribution in [0.15, 0.2) is 60.7 Å². The zero-order chi connectivity index (χ0) is 23.3.